The van der Waals surface area contributed by atoms with Crippen LogP contribution in [0.3, 0.4) is 0 Å². The van der Waals surface area contributed by atoms with E-state index < -0.39 is 0 Å². The molecule has 3 aliphatic carbocycles. The summed E-state index contributed by atoms with van der Waals surface area (Å²) < 4.78 is 5.49. The topological polar surface area (TPSA) is 21.3 Å². The smallest absolute Gasteiger partial charge is 0.0634 e. The highest BCUT2D eigenvalue weighted by Crippen LogP contribution is 2.58. The summed E-state index contributed by atoms with van der Waals surface area (Å²) in [5.74, 6) is 4.27. The van der Waals surface area contributed by atoms with Gasteiger partial charge in [-0.1, -0.05) is 6.42 Å². The van der Waals surface area contributed by atoms with Crippen molar-refractivity contribution in [1.29, 1.82) is 0 Å². The van der Waals surface area contributed by atoms with Gasteiger partial charge in [0.1, 0.15) is 0 Å². The van der Waals surface area contributed by atoms with Crippen molar-refractivity contribution in [3.63, 3.8) is 0 Å². The van der Waals surface area contributed by atoms with Crippen molar-refractivity contribution in [1.82, 2.24) is 5.32 Å². The van der Waals surface area contributed by atoms with E-state index in [1.807, 2.05) is 7.11 Å². The lowest BCUT2D eigenvalue weighted by Gasteiger charge is -2.33. The number of fused-ring (bicyclic) bond motifs is 5. The van der Waals surface area contributed by atoms with Crippen LogP contribution in [0, 0.1) is 23.7 Å². The van der Waals surface area contributed by atoms with Crippen molar-refractivity contribution in [2.45, 2.75) is 64.0 Å². The van der Waals surface area contributed by atoms with Crippen molar-refractivity contribution in [2.24, 2.45) is 23.7 Å². The molecule has 5 unspecified atom stereocenters. The van der Waals surface area contributed by atoms with E-state index in [-0.39, 0.29) is 5.60 Å². The zero-order chi connectivity index (χ0) is 12.8. The second kappa shape index (κ2) is 4.79. The Labute approximate surface area is 112 Å². The normalized spacial score (nSPS) is 42.5. The lowest BCUT2D eigenvalue weighted by Crippen LogP contribution is -2.41. The highest BCUT2D eigenvalue weighted by Gasteiger charge is 2.53. The van der Waals surface area contributed by atoms with Gasteiger partial charge in [0, 0.05) is 13.2 Å². The Bertz CT molecular complexity index is 301. The predicted octanol–water partition coefficient (Wildman–Crippen LogP) is 3.22. The lowest BCUT2D eigenvalue weighted by molar-refractivity contribution is 0.0146. The van der Waals surface area contributed by atoms with Gasteiger partial charge in [-0.2, -0.15) is 0 Å². The van der Waals surface area contributed by atoms with Gasteiger partial charge in [-0.25, -0.2) is 0 Å². The molecular weight excluding hydrogens is 222 g/mol. The Balaban J connectivity index is 1.48. The Morgan fingerprint density at radius 3 is 2.67 bits per heavy atom. The maximum Gasteiger partial charge on any atom is 0.0634 e. The fourth-order valence-electron chi connectivity index (χ4n) is 4.96. The number of nitrogens with one attached hydrogen (secondary N) is 1. The minimum atomic E-state index is 0.0283. The quantitative estimate of drug-likeness (QED) is 0.810. The molecule has 104 valence electrons. The molecule has 0 aromatic heterocycles. The molecular formula is C16H29NO. The first-order chi connectivity index (χ1) is 8.61. The van der Waals surface area contributed by atoms with Crippen LogP contribution in [0.2, 0.25) is 0 Å². The second-order valence-electron chi connectivity index (χ2n) is 7.43. The molecule has 18 heavy (non-hydrogen) atoms. The minimum absolute atomic E-state index is 0.0283. The minimum Gasteiger partial charge on any atom is -0.379 e. The summed E-state index contributed by atoms with van der Waals surface area (Å²) in [5, 5.41) is 3.84. The van der Waals surface area contributed by atoms with Crippen LogP contribution in [0.5, 0.6) is 0 Å². The maximum absolute atomic E-state index is 5.49. The van der Waals surface area contributed by atoms with Gasteiger partial charge in [0.2, 0.25) is 0 Å². The maximum atomic E-state index is 5.49. The number of ether oxygens (including phenoxy) is 1. The number of methoxy groups -OCH3 is 1. The summed E-state index contributed by atoms with van der Waals surface area (Å²) in [5.41, 5.74) is 0.0283. The van der Waals surface area contributed by atoms with Crippen LogP contribution in [0.25, 0.3) is 0 Å². The number of hydrogen-bond donors (Lipinski definition) is 1. The van der Waals surface area contributed by atoms with Gasteiger partial charge in [0.05, 0.1) is 5.60 Å². The Kier molecular flexibility index (Phi) is 3.44. The first-order valence-corrected chi connectivity index (χ1v) is 7.89. The van der Waals surface area contributed by atoms with Crippen LogP contribution < -0.4 is 5.32 Å². The number of hydrogen-bond acceptors (Lipinski definition) is 2. The van der Waals surface area contributed by atoms with E-state index in [1.54, 1.807) is 0 Å². The first kappa shape index (κ1) is 12.9. The van der Waals surface area contributed by atoms with E-state index in [1.165, 1.54) is 32.1 Å². The van der Waals surface area contributed by atoms with Crippen LogP contribution in [-0.4, -0.2) is 25.3 Å². The van der Waals surface area contributed by atoms with Gasteiger partial charge in [-0.05, 0) is 76.2 Å². The molecule has 0 saturated heterocycles. The molecule has 0 spiro atoms. The molecule has 2 heteroatoms. The fraction of sp³-hybridized carbons (Fsp3) is 1.00. The molecule has 5 atom stereocenters. The third kappa shape index (κ3) is 2.22. The van der Waals surface area contributed by atoms with Crippen LogP contribution in [0.15, 0.2) is 0 Å². The molecule has 3 aliphatic rings. The van der Waals surface area contributed by atoms with Crippen molar-refractivity contribution in [3.05, 3.63) is 0 Å². The van der Waals surface area contributed by atoms with E-state index in [0.717, 1.165) is 42.7 Å². The zero-order valence-electron chi connectivity index (χ0n) is 12.2. The van der Waals surface area contributed by atoms with Crippen LogP contribution in [0.4, 0.5) is 0 Å². The largest absolute Gasteiger partial charge is 0.379 e. The Hall–Kier alpha value is -0.0800. The van der Waals surface area contributed by atoms with Gasteiger partial charge in [0.25, 0.3) is 0 Å². The molecule has 0 aromatic rings. The molecule has 2 bridgehead atoms. The van der Waals surface area contributed by atoms with Gasteiger partial charge < -0.3 is 10.1 Å². The SMILES string of the molecule is COC(C)(C)CCNC1CC2CC1C1CCCC21. The summed E-state index contributed by atoms with van der Waals surface area (Å²) in [4.78, 5) is 0. The summed E-state index contributed by atoms with van der Waals surface area (Å²) in [6, 6.07) is 0.821. The average molecular weight is 251 g/mol. The third-order valence-electron chi connectivity index (χ3n) is 6.11. The molecule has 1 N–H and O–H groups in total. The zero-order valence-corrected chi connectivity index (χ0v) is 12.2. The van der Waals surface area contributed by atoms with E-state index in [0.29, 0.717) is 0 Å². The molecule has 0 amide bonds. The molecule has 3 saturated carbocycles. The van der Waals surface area contributed by atoms with Crippen molar-refractivity contribution in [3.8, 4) is 0 Å². The standard InChI is InChI=1S/C16H29NO/c1-16(2,18-3)7-8-17-15-10-11-9-14(15)13-6-4-5-12(11)13/h11-15,17H,4-10H2,1-3H3. The molecule has 0 aromatic carbocycles. The van der Waals surface area contributed by atoms with Crippen molar-refractivity contribution >= 4 is 0 Å². The molecule has 0 heterocycles. The summed E-state index contributed by atoms with van der Waals surface area (Å²) >= 11 is 0. The van der Waals surface area contributed by atoms with Crippen molar-refractivity contribution < 1.29 is 4.74 Å². The van der Waals surface area contributed by atoms with E-state index in [2.05, 4.69) is 19.2 Å². The van der Waals surface area contributed by atoms with Gasteiger partial charge in [-0.15, -0.1) is 0 Å². The number of rotatable bonds is 5. The summed E-state index contributed by atoms with van der Waals surface area (Å²) in [6.07, 6.45) is 8.67. The average Bonchev–Trinajstić information content (AvgIpc) is 3.00. The highest BCUT2D eigenvalue weighted by molar-refractivity contribution is 5.05. The summed E-state index contributed by atoms with van der Waals surface area (Å²) in [7, 11) is 1.82. The predicted molar refractivity (Wildman–Crippen MR) is 74.5 cm³/mol. The fourth-order valence-corrected chi connectivity index (χ4v) is 4.96. The molecule has 3 rings (SSSR count). The third-order valence-corrected chi connectivity index (χ3v) is 6.11. The van der Waals surface area contributed by atoms with Crippen molar-refractivity contribution in [2.75, 3.05) is 13.7 Å². The van der Waals surface area contributed by atoms with E-state index in [9.17, 15) is 0 Å². The lowest BCUT2D eigenvalue weighted by atomic mass is 9.79. The second-order valence-corrected chi connectivity index (χ2v) is 7.43. The van der Waals surface area contributed by atoms with E-state index in [4.69, 9.17) is 4.74 Å². The van der Waals surface area contributed by atoms with Crippen LogP contribution >= 0.6 is 0 Å². The first-order valence-electron chi connectivity index (χ1n) is 7.89. The molecule has 0 radical (unpaired) electrons. The van der Waals surface area contributed by atoms with Gasteiger partial charge in [0.15, 0.2) is 0 Å². The monoisotopic (exact) mass is 251 g/mol. The van der Waals surface area contributed by atoms with E-state index >= 15 is 0 Å². The van der Waals surface area contributed by atoms with Gasteiger partial charge in [-0.3, -0.25) is 0 Å². The summed E-state index contributed by atoms with van der Waals surface area (Å²) in [6.45, 7) is 5.48. The molecule has 3 fully saturated rings. The van der Waals surface area contributed by atoms with Gasteiger partial charge >= 0.3 is 0 Å². The Morgan fingerprint density at radius 2 is 1.89 bits per heavy atom. The highest BCUT2D eigenvalue weighted by atomic mass is 16.5. The van der Waals surface area contributed by atoms with Crippen LogP contribution in [0.1, 0.15) is 52.4 Å². The molecule has 0 aliphatic heterocycles. The molecule has 2 nitrogen and oxygen atoms in total. The Morgan fingerprint density at radius 1 is 1.11 bits per heavy atom. The van der Waals surface area contributed by atoms with Crippen LogP contribution in [-0.2, 0) is 4.74 Å².